The molecule has 0 spiro atoms. The SMILES string of the molecule is CCOC[C@H]1O[C@@H](n2cnc3c(=O)[nH]c(N(C(=O)OC(C)(C)C)C(=O)OC(C)(C)C)nc32)C[C@H]1OCC. The number of aromatic amines is 1. The third-order valence-corrected chi connectivity index (χ3v) is 5.14. The van der Waals surface area contributed by atoms with Gasteiger partial charge in [0.25, 0.3) is 5.56 Å². The molecule has 3 atom stereocenters. The Balaban J connectivity index is 2.04. The number of aromatic nitrogens is 4. The van der Waals surface area contributed by atoms with Gasteiger partial charge in [0.1, 0.15) is 23.5 Å². The Hall–Kier alpha value is -3.03. The predicted molar refractivity (Wildman–Crippen MR) is 134 cm³/mol. The molecule has 37 heavy (non-hydrogen) atoms. The maximum Gasteiger partial charge on any atom is 0.427 e. The Labute approximate surface area is 215 Å². The largest absolute Gasteiger partial charge is 0.443 e. The van der Waals surface area contributed by atoms with Gasteiger partial charge in [0.15, 0.2) is 11.2 Å². The number of nitrogens with zero attached hydrogens (tertiary/aromatic N) is 4. The van der Waals surface area contributed by atoms with E-state index in [0.717, 1.165) is 0 Å². The van der Waals surface area contributed by atoms with Crippen molar-refractivity contribution < 1.29 is 33.3 Å². The first-order valence-electron chi connectivity index (χ1n) is 12.3. The standard InChI is InChI=1S/C24H37N5O8/c1-9-33-12-15-14(34-10-2)11-16(35-15)28-13-25-17-18(28)26-20(27-19(17)30)29(21(31)36-23(3,4)5)22(32)37-24(6,7)8/h13-16H,9-12H2,1-8H3,(H,26,27,30)/t14-,15-,16-/m1/s1. The van der Waals surface area contributed by atoms with Crippen molar-refractivity contribution in [2.45, 2.75) is 91.4 Å². The molecule has 0 radical (unpaired) electrons. The van der Waals surface area contributed by atoms with E-state index in [0.29, 0.717) is 31.1 Å². The summed E-state index contributed by atoms with van der Waals surface area (Å²) in [5.74, 6) is -0.368. The van der Waals surface area contributed by atoms with Gasteiger partial charge < -0.3 is 23.7 Å². The van der Waals surface area contributed by atoms with Crippen molar-refractivity contribution in [2.75, 3.05) is 24.7 Å². The lowest BCUT2D eigenvalue weighted by molar-refractivity contribution is -0.0726. The highest BCUT2D eigenvalue weighted by molar-refractivity contribution is 6.08. The number of carbonyl (C=O) groups excluding carboxylic acids is 2. The van der Waals surface area contributed by atoms with Gasteiger partial charge in [-0.2, -0.15) is 4.98 Å². The summed E-state index contributed by atoms with van der Waals surface area (Å²) < 4.78 is 29.9. The molecule has 2 amide bonds. The third kappa shape index (κ3) is 7.05. The summed E-state index contributed by atoms with van der Waals surface area (Å²) in [6.45, 7) is 15.1. The fraction of sp³-hybridized carbons (Fsp3) is 0.708. The number of imidazole rings is 1. The molecule has 3 heterocycles. The van der Waals surface area contributed by atoms with Crippen LogP contribution in [0.1, 0.15) is 68.0 Å². The minimum Gasteiger partial charge on any atom is -0.443 e. The fourth-order valence-corrected chi connectivity index (χ4v) is 3.74. The maximum atomic E-state index is 13.0. The van der Waals surface area contributed by atoms with Gasteiger partial charge in [-0.1, -0.05) is 0 Å². The monoisotopic (exact) mass is 523 g/mol. The number of amides is 2. The second-order valence-corrected chi connectivity index (χ2v) is 10.5. The van der Waals surface area contributed by atoms with Crippen LogP contribution in [0.3, 0.4) is 0 Å². The number of H-pyrrole nitrogens is 1. The van der Waals surface area contributed by atoms with Gasteiger partial charge in [-0.05, 0) is 55.4 Å². The molecule has 1 fully saturated rings. The normalized spacial score (nSPS) is 20.3. The van der Waals surface area contributed by atoms with E-state index in [2.05, 4.69) is 15.0 Å². The summed E-state index contributed by atoms with van der Waals surface area (Å²) >= 11 is 0. The molecule has 13 heteroatoms. The van der Waals surface area contributed by atoms with Gasteiger partial charge in [0.05, 0.1) is 19.0 Å². The van der Waals surface area contributed by atoms with Crippen LogP contribution >= 0.6 is 0 Å². The zero-order chi connectivity index (χ0) is 27.5. The minimum absolute atomic E-state index is 0.0156. The van der Waals surface area contributed by atoms with Crippen molar-refractivity contribution in [3.63, 3.8) is 0 Å². The first-order chi connectivity index (χ1) is 17.2. The molecule has 13 nitrogen and oxygen atoms in total. The summed E-state index contributed by atoms with van der Waals surface area (Å²) in [4.78, 5) is 50.6. The molecule has 0 unspecified atom stereocenters. The average Bonchev–Trinajstić information content (AvgIpc) is 3.34. The number of hydrogen-bond donors (Lipinski definition) is 1. The molecule has 0 aliphatic carbocycles. The van der Waals surface area contributed by atoms with Crippen LogP contribution in [0, 0.1) is 0 Å². The Morgan fingerprint density at radius 1 is 1.11 bits per heavy atom. The Morgan fingerprint density at radius 3 is 2.27 bits per heavy atom. The summed E-state index contributed by atoms with van der Waals surface area (Å²) in [5, 5.41) is 0. The number of hydrogen-bond acceptors (Lipinski definition) is 10. The number of nitrogens with one attached hydrogen (secondary N) is 1. The molecular formula is C24H37N5O8. The molecule has 3 rings (SSSR count). The lowest BCUT2D eigenvalue weighted by Gasteiger charge is -2.27. The minimum atomic E-state index is -1.05. The van der Waals surface area contributed by atoms with Crippen molar-refractivity contribution in [1.29, 1.82) is 0 Å². The average molecular weight is 524 g/mol. The van der Waals surface area contributed by atoms with Crippen LogP contribution < -0.4 is 10.5 Å². The van der Waals surface area contributed by atoms with Gasteiger partial charge in [0.2, 0.25) is 5.95 Å². The summed E-state index contributed by atoms with van der Waals surface area (Å²) in [5.41, 5.74) is -2.37. The predicted octanol–water partition coefficient (Wildman–Crippen LogP) is 3.53. The zero-order valence-corrected chi connectivity index (χ0v) is 22.7. The molecule has 1 N–H and O–H groups in total. The molecule has 2 aromatic rings. The topological polar surface area (TPSA) is 147 Å². The zero-order valence-electron chi connectivity index (χ0n) is 22.7. The quantitative estimate of drug-likeness (QED) is 0.571. The molecule has 2 aromatic heterocycles. The maximum absolute atomic E-state index is 13.0. The van der Waals surface area contributed by atoms with E-state index in [1.54, 1.807) is 46.1 Å². The van der Waals surface area contributed by atoms with E-state index in [-0.39, 0.29) is 29.3 Å². The number of rotatable bonds is 7. The van der Waals surface area contributed by atoms with Gasteiger partial charge in [0, 0.05) is 19.6 Å². The number of ether oxygens (including phenoxy) is 5. The molecule has 1 saturated heterocycles. The first-order valence-corrected chi connectivity index (χ1v) is 12.3. The molecule has 1 aliphatic heterocycles. The van der Waals surface area contributed by atoms with Crippen LogP contribution in [0.4, 0.5) is 15.5 Å². The highest BCUT2D eigenvalue weighted by Crippen LogP contribution is 2.33. The lowest BCUT2D eigenvalue weighted by Crippen LogP contribution is -2.45. The number of carbonyl (C=O) groups is 2. The molecule has 0 saturated carbocycles. The van der Waals surface area contributed by atoms with E-state index in [4.69, 9.17) is 23.7 Å². The van der Waals surface area contributed by atoms with Gasteiger partial charge >= 0.3 is 12.2 Å². The highest BCUT2D eigenvalue weighted by atomic mass is 16.6. The van der Waals surface area contributed by atoms with Crippen LogP contribution in [-0.2, 0) is 23.7 Å². The second kappa shape index (κ2) is 11.2. The molecular weight excluding hydrogens is 486 g/mol. The number of anilines is 1. The van der Waals surface area contributed by atoms with Crippen LogP contribution in [0.25, 0.3) is 11.2 Å². The molecule has 0 aromatic carbocycles. The number of fused-ring (bicyclic) bond motifs is 1. The van der Waals surface area contributed by atoms with Crippen molar-refractivity contribution in [3.8, 4) is 0 Å². The van der Waals surface area contributed by atoms with Gasteiger partial charge in [-0.3, -0.25) is 14.3 Å². The molecule has 206 valence electrons. The van der Waals surface area contributed by atoms with E-state index >= 15 is 0 Å². The van der Waals surface area contributed by atoms with Crippen molar-refractivity contribution >= 4 is 29.3 Å². The Morgan fingerprint density at radius 2 is 1.73 bits per heavy atom. The van der Waals surface area contributed by atoms with Crippen molar-refractivity contribution in [3.05, 3.63) is 16.7 Å². The van der Waals surface area contributed by atoms with E-state index in [1.165, 1.54) is 6.33 Å². The van der Waals surface area contributed by atoms with Crippen LogP contribution in [0.15, 0.2) is 11.1 Å². The molecule has 0 bridgehead atoms. The Bertz CT molecular complexity index is 1130. The van der Waals surface area contributed by atoms with Crippen LogP contribution in [0.5, 0.6) is 0 Å². The smallest absolute Gasteiger partial charge is 0.427 e. The van der Waals surface area contributed by atoms with Crippen molar-refractivity contribution in [2.24, 2.45) is 0 Å². The third-order valence-electron chi connectivity index (χ3n) is 5.14. The Kier molecular flexibility index (Phi) is 8.60. The molecule has 1 aliphatic rings. The van der Waals surface area contributed by atoms with E-state index in [9.17, 15) is 14.4 Å². The first kappa shape index (κ1) is 28.5. The highest BCUT2D eigenvalue weighted by Gasteiger charge is 2.39. The van der Waals surface area contributed by atoms with Crippen molar-refractivity contribution in [1.82, 2.24) is 19.5 Å². The van der Waals surface area contributed by atoms with E-state index < -0.39 is 35.2 Å². The second-order valence-electron chi connectivity index (χ2n) is 10.5. The van der Waals surface area contributed by atoms with E-state index in [1.807, 2.05) is 13.8 Å². The van der Waals surface area contributed by atoms with Gasteiger partial charge in [-0.15, -0.1) is 4.90 Å². The van der Waals surface area contributed by atoms with Crippen LogP contribution in [0.2, 0.25) is 0 Å². The summed E-state index contributed by atoms with van der Waals surface area (Å²) in [6.07, 6.45) is -1.35. The van der Waals surface area contributed by atoms with Gasteiger partial charge in [-0.25, -0.2) is 14.6 Å². The lowest BCUT2D eigenvalue weighted by atomic mass is 10.2. The van der Waals surface area contributed by atoms with Crippen LogP contribution in [-0.4, -0.2) is 74.9 Å². The summed E-state index contributed by atoms with van der Waals surface area (Å²) in [6, 6.07) is 0. The summed E-state index contributed by atoms with van der Waals surface area (Å²) in [7, 11) is 0. The number of imide groups is 1. The fourth-order valence-electron chi connectivity index (χ4n) is 3.74.